The standard InChI is InChI=1S/C21H26BrN5OS/c1-24(2)15-9-11-26(12-10-15)19(28)18-13-17-20(29-18)27(21(23-17)25(3)4)16-7-5-14(22)6-8-16/h5-8,13,15H,9-12H2,1-4H3. The number of likely N-dealkylation sites (tertiary alicyclic amines) is 1. The number of anilines is 1. The van der Waals surface area contributed by atoms with Gasteiger partial charge in [0.25, 0.3) is 5.91 Å². The van der Waals surface area contributed by atoms with E-state index in [1.165, 1.54) is 11.3 Å². The first-order valence-electron chi connectivity index (χ1n) is 9.76. The average molecular weight is 476 g/mol. The molecule has 0 saturated carbocycles. The lowest BCUT2D eigenvalue weighted by Gasteiger charge is -2.35. The van der Waals surface area contributed by atoms with Crippen LogP contribution in [0.15, 0.2) is 34.8 Å². The van der Waals surface area contributed by atoms with Crippen LogP contribution in [0.2, 0.25) is 0 Å². The number of carbonyl (C=O) groups is 1. The summed E-state index contributed by atoms with van der Waals surface area (Å²) in [5, 5.41) is 0. The molecule has 1 aliphatic heterocycles. The van der Waals surface area contributed by atoms with Crippen LogP contribution < -0.4 is 4.90 Å². The number of thiophene rings is 1. The Labute approximate surface area is 183 Å². The fourth-order valence-electron chi connectivity index (χ4n) is 3.83. The summed E-state index contributed by atoms with van der Waals surface area (Å²) < 4.78 is 3.16. The second-order valence-corrected chi connectivity index (χ2v) is 9.85. The second kappa shape index (κ2) is 8.08. The quantitative estimate of drug-likeness (QED) is 0.570. The molecule has 0 N–H and O–H groups in total. The summed E-state index contributed by atoms with van der Waals surface area (Å²) in [7, 11) is 8.20. The maximum Gasteiger partial charge on any atom is 0.264 e. The molecule has 1 saturated heterocycles. The van der Waals surface area contributed by atoms with E-state index in [1.807, 2.05) is 42.1 Å². The number of aromatic nitrogens is 2. The molecule has 3 aromatic rings. The van der Waals surface area contributed by atoms with Crippen molar-refractivity contribution < 1.29 is 4.79 Å². The van der Waals surface area contributed by atoms with Crippen LogP contribution in [-0.2, 0) is 0 Å². The number of hydrogen-bond donors (Lipinski definition) is 0. The first kappa shape index (κ1) is 20.4. The molecule has 0 spiro atoms. The number of benzene rings is 1. The molecular weight excluding hydrogens is 450 g/mol. The molecule has 154 valence electrons. The molecule has 1 aromatic carbocycles. The zero-order valence-electron chi connectivity index (χ0n) is 17.2. The van der Waals surface area contributed by atoms with Gasteiger partial charge in [-0.15, -0.1) is 11.3 Å². The monoisotopic (exact) mass is 475 g/mol. The zero-order valence-corrected chi connectivity index (χ0v) is 19.6. The lowest BCUT2D eigenvalue weighted by molar-refractivity contribution is 0.0668. The Morgan fingerprint density at radius 3 is 2.38 bits per heavy atom. The third-order valence-corrected chi connectivity index (χ3v) is 7.12. The summed E-state index contributed by atoms with van der Waals surface area (Å²) in [5.41, 5.74) is 1.90. The van der Waals surface area contributed by atoms with Crippen molar-refractivity contribution in [1.82, 2.24) is 19.4 Å². The summed E-state index contributed by atoms with van der Waals surface area (Å²) in [5.74, 6) is 0.985. The van der Waals surface area contributed by atoms with Crippen molar-refractivity contribution in [3.8, 4) is 5.69 Å². The fourth-order valence-corrected chi connectivity index (χ4v) is 5.18. The summed E-state index contributed by atoms with van der Waals surface area (Å²) in [6.07, 6.45) is 2.05. The Hall–Kier alpha value is -1.90. The van der Waals surface area contributed by atoms with Gasteiger partial charge in [-0.1, -0.05) is 15.9 Å². The van der Waals surface area contributed by atoms with Gasteiger partial charge in [0.15, 0.2) is 0 Å². The van der Waals surface area contributed by atoms with E-state index in [1.54, 1.807) is 0 Å². The van der Waals surface area contributed by atoms with Crippen molar-refractivity contribution in [3.05, 3.63) is 39.7 Å². The number of imidazole rings is 1. The van der Waals surface area contributed by atoms with Gasteiger partial charge >= 0.3 is 0 Å². The predicted molar refractivity (Wildman–Crippen MR) is 124 cm³/mol. The van der Waals surface area contributed by atoms with Gasteiger partial charge in [-0.25, -0.2) is 4.98 Å². The third-order valence-electron chi connectivity index (χ3n) is 5.49. The van der Waals surface area contributed by atoms with Crippen molar-refractivity contribution >= 4 is 49.5 Å². The van der Waals surface area contributed by atoms with Crippen LogP contribution in [0, 0.1) is 0 Å². The maximum atomic E-state index is 13.1. The number of carbonyl (C=O) groups excluding carboxylic acids is 1. The minimum absolute atomic E-state index is 0.124. The van der Waals surface area contributed by atoms with E-state index < -0.39 is 0 Å². The van der Waals surface area contributed by atoms with Crippen LogP contribution in [0.4, 0.5) is 5.95 Å². The molecule has 1 fully saturated rings. The van der Waals surface area contributed by atoms with Gasteiger partial charge in [-0.2, -0.15) is 0 Å². The molecule has 1 amide bonds. The Bertz CT molecular complexity index is 1020. The first-order chi connectivity index (χ1) is 13.8. The molecule has 8 heteroatoms. The third kappa shape index (κ3) is 3.93. The van der Waals surface area contributed by atoms with E-state index in [0.29, 0.717) is 6.04 Å². The van der Waals surface area contributed by atoms with E-state index >= 15 is 0 Å². The number of fused-ring (bicyclic) bond motifs is 1. The minimum Gasteiger partial charge on any atom is -0.348 e. The molecule has 0 aliphatic carbocycles. The van der Waals surface area contributed by atoms with Gasteiger partial charge in [-0.3, -0.25) is 9.36 Å². The van der Waals surface area contributed by atoms with E-state index in [4.69, 9.17) is 4.98 Å². The van der Waals surface area contributed by atoms with Gasteiger partial charge in [0.1, 0.15) is 10.3 Å². The van der Waals surface area contributed by atoms with Crippen LogP contribution in [-0.4, -0.2) is 72.6 Å². The zero-order chi connectivity index (χ0) is 20.7. The SMILES string of the molecule is CN(C)c1nc2cc(C(=O)N3CCC(N(C)C)CC3)sc2n1-c1ccc(Br)cc1. The highest BCUT2D eigenvalue weighted by Crippen LogP contribution is 2.34. The van der Waals surface area contributed by atoms with E-state index in [9.17, 15) is 4.79 Å². The van der Waals surface area contributed by atoms with Crippen LogP contribution in [0.3, 0.4) is 0 Å². The first-order valence-corrected chi connectivity index (χ1v) is 11.4. The molecule has 29 heavy (non-hydrogen) atoms. The van der Waals surface area contributed by atoms with Crippen LogP contribution in [0.5, 0.6) is 0 Å². The van der Waals surface area contributed by atoms with Crippen LogP contribution in [0.1, 0.15) is 22.5 Å². The van der Waals surface area contributed by atoms with Gasteiger partial charge < -0.3 is 14.7 Å². The largest absolute Gasteiger partial charge is 0.348 e. The minimum atomic E-state index is 0.124. The molecule has 1 aliphatic rings. The molecule has 0 radical (unpaired) electrons. The molecule has 0 unspecified atom stereocenters. The van der Waals surface area contributed by atoms with Crippen molar-refractivity contribution in [3.63, 3.8) is 0 Å². The predicted octanol–water partition coefficient (Wildman–Crippen LogP) is 4.08. The number of piperidine rings is 1. The highest BCUT2D eigenvalue weighted by Gasteiger charge is 2.27. The molecule has 0 bridgehead atoms. The molecule has 2 aromatic heterocycles. The highest BCUT2D eigenvalue weighted by molar-refractivity contribution is 9.10. The van der Waals surface area contributed by atoms with Crippen molar-refractivity contribution in [2.75, 3.05) is 46.2 Å². The van der Waals surface area contributed by atoms with E-state index in [-0.39, 0.29) is 5.91 Å². The number of rotatable bonds is 4. The van der Waals surface area contributed by atoms with E-state index in [0.717, 1.165) is 57.3 Å². The van der Waals surface area contributed by atoms with Gasteiger partial charge in [-0.05, 0) is 57.3 Å². The highest BCUT2D eigenvalue weighted by atomic mass is 79.9. The van der Waals surface area contributed by atoms with E-state index in [2.05, 4.69) is 51.6 Å². The Morgan fingerprint density at radius 2 is 1.79 bits per heavy atom. The number of halogens is 1. The average Bonchev–Trinajstić information content (AvgIpc) is 3.26. The lowest BCUT2D eigenvalue weighted by Crippen LogP contribution is -2.44. The fraction of sp³-hybridized carbons (Fsp3) is 0.429. The summed E-state index contributed by atoms with van der Waals surface area (Å²) in [6, 6.07) is 10.7. The van der Waals surface area contributed by atoms with Crippen molar-refractivity contribution in [2.24, 2.45) is 0 Å². The molecular formula is C21H26BrN5OS. The van der Waals surface area contributed by atoms with Crippen LogP contribution >= 0.6 is 27.3 Å². The molecule has 6 nitrogen and oxygen atoms in total. The van der Waals surface area contributed by atoms with Crippen LogP contribution in [0.25, 0.3) is 16.0 Å². The normalized spacial score (nSPS) is 15.4. The summed E-state index contributed by atoms with van der Waals surface area (Å²) in [4.78, 5) is 25.9. The molecule has 3 heterocycles. The van der Waals surface area contributed by atoms with Gasteiger partial charge in [0.05, 0.1) is 4.88 Å². The molecule has 0 atom stereocenters. The van der Waals surface area contributed by atoms with Crippen molar-refractivity contribution in [2.45, 2.75) is 18.9 Å². The smallest absolute Gasteiger partial charge is 0.264 e. The number of hydrogen-bond acceptors (Lipinski definition) is 5. The topological polar surface area (TPSA) is 44.6 Å². The Balaban J connectivity index is 1.66. The molecule has 4 rings (SSSR count). The number of amides is 1. The Morgan fingerprint density at radius 1 is 1.14 bits per heavy atom. The maximum absolute atomic E-state index is 13.1. The summed E-state index contributed by atoms with van der Waals surface area (Å²) >= 11 is 5.03. The van der Waals surface area contributed by atoms with Gasteiger partial charge in [0, 0.05) is 43.4 Å². The van der Waals surface area contributed by atoms with Gasteiger partial charge in [0.2, 0.25) is 5.95 Å². The summed E-state index contributed by atoms with van der Waals surface area (Å²) in [6.45, 7) is 1.62. The number of nitrogens with zero attached hydrogens (tertiary/aromatic N) is 5. The van der Waals surface area contributed by atoms with Crippen molar-refractivity contribution in [1.29, 1.82) is 0 Å². The Kier molecular flexibility index (Phi) is 5.68. The lowest BCUT2D eigenvalue weighted by atomic mass is 10.0. The second-order valence-electron chi connectivity index (χ2n) is 7.91.